The number of halogens is 1. The lowest BCUT2D eigenvalue weighted by Gasteiger charge is -2.34. The van der Waals surface area contributed by atoms with E-state index in [2.05, 4.69) is 0 Å². The number of nitrogens with zero attached hydrogens (tertiary/aromatic N) is 1. The van der Waals surface area contributed by atoms with Gasteiger partial charge in [0.25, 0.3) is 5.91 Å². The summed E-state index contributed by atoms with van der Waals surface area (Å²) in [6.45, 7) is 3.86. The van der Waals surface area contributed by atoms with Gasteiger partial charge in [0, 0.05) is 18.5 Å². The maximum absolute atomic E-state index is 12.2. The quantitative estimate of drug-likeness (QED) is 0.775. The molecule has 0 aliphatic heterocycles. The van der Waals surface area contributed by atoms with Crippen molar-refractivity contribution in [1.29, 1.82) is 0 Å². The van der Waals surface area contributed by atoms with Crippen LogP contribution in [0.2, 0.25) is 0 Å². The molecular formula is C13H18ClNO2. The van der Waals surface area contributed by atoms with Crippen LogP contribution in [-0.2, 0) is 0 Å². The Kier molecular flexibility index (Phi) is 4.40. The number of rotatable bonds is 4. The van der Waals surface area contributed by atoms with Crippen molar-refractivity contribution in [3.63, 3.8) is 0 Å². The van der Waals surface area contributed by atoms with E-state index in [0.717, 1.165) is 0 Å². The molecule has 0 saturated heterocycles. The Balaban J connectivity index is 2.96. The van der Waals surface area contributed by atoms with Crippen molar-refractivity contribution in [1.82, 2.24) is 4.90 Å². The number of methoxy groups -OCH3 is 1. The number of ether oxygens (including phenoxy) is 1. The molecule has 1 aromatic rings. The van der Waals surface area contributed by atoms with Crippen LogP contribution in [0.4, 0.5) is 0 Å². The molecule has 4 heteroatoms. The minimum atomic E-state index is -0.373. The van der Waals surface area contributed by atoms with Crippen LogP contribution in [0.3, 0.4) is 0 Å². The van der Waals surface area contributed by atoms with E-state index in [1.807, 2.05) is 19.9 Å². The molecule has 94 valence electrons. The van der Waals surface area contributed by atoms with Crippen LogP contribution in [-0.4, -0.2) is 36.4 Å². The zero-order valence-corrected chi connectivity index (χ0v) is 11.4. The first-order chi connectivity index (χ1) is 7.92. The topological polar surface area (TPSA) is 29.5 Å². The number of benzene rings is 1. The van der Waals surface area contributed by atoms with Gasteiger partial charge in [0.15, 0.2) is 0 Å². The Morgan fingerprint density at radius 1 is 1.47 bits per heavy atom. The van der Waals surface area contributed by atoms with Crippen LogP contribution in [0.15, 0.2) is 24.3 Å². The SMILES string of the molecule is COc1cccc(C(=O)N(C)C(C)(C)CCl)c1. The highest BCUT2D eigenvalue weighted by Gasteiger charge is 2.27. The minimum absolute atomic E-state index is 0.0606. The van der Waals surface area contributed by atoms with Gasteiger partial charge < -0.3 is 9.64 Å². The summed E-state index contributed by atoms with van der Waals surface area (Å²) >= 11 is 5.86. The number of amides is 1. The Bertz CT molecular complexity index is 404. The van der Waals surface area contributed by atoms with E-state index in [0.29, 0.717) is 17.2 Å². The summed E-state index contributed by atoms with van der Waals surface area (Å²) in [7, 11) is 3.33. The van der Waals surface area contributed by atoms with Gasteiger partial charge in [-0.15, -0.1) is 11.6 Å². The van der Waals surface area contributed by atoms with E-state index in [1.54, 1.807) is 37.3 Å². The zero-order valence-electron chi connectivity index (χ0n) is 10.7. The lowest BCUT2D eigenvalue weighted by molar-refractivity contribution is 0.0660. The van der Waals surface area contributed by atoms with Crippen LogP contribution in [0.25, 0.3) is 0 Å². The predicted octanol–water partition coefficient (Wildman–Crippen LogP) is 2.78. The third kappa shape index (κ3) is 3.13. The molecule has 0 heterocycles. The summed E-state index contributed by atoms with van der Waals surface area (Å²) in [5, 5.41) is 0. The molecule has 1 aromatic carbocycles. The van der Waals surface area contributed by atoms with Crippen molar-refractivity contribution >= 4 is 17.5 Å². The summed E-state index contributed by atoms with van der Waals surface area (Å²) < 4.78 is 5.10. The number of alkyl halides is 1. The van der Waals surface area contributed by atoms with Crippen molar-refractivity contribution in [3.8, 4) is 5.75 Å². The van der Waals surface area contributed by atoms with E-state index < -0.39 is 0 Å². The number of hydrogen-bond acceptors (Lipinski definition) is 2. The molecule has 17 heavy (non-hydrogen) atoms. The molecule has 0 saturated carbocycles. The summed E-state index contributed by atoms with van der Waals surface area (Å²) in [5.74, 6) is 1.00. The Hall–Kier alpha value is -1.22. The van der Waals surface area contributed by atoms with Crippen LogP contribution in [0.5, 0.6) is 5.75 Å². The summed E-state index contributed by atoms with van der Waals surface area (Å²) in [6, 6.07) is 7.10. The second-order valence-electron chi connectivity index (χ2n) is 4.54. The summed E-state index contributed by atoms with van der Waals surface area (Å²) in [5.41, 5.74) is 0.229. The van der Waals surface area contributed by atoms with Gasteiger partial charge in [-0.3, -0.25) is 4.79 Å². The summed E-state index contributed by atoms with van der Waals surface area (Å²) in [4.78, 5) is 13.9. The molecule has 0 atom stereocenters. The molecule has 0 aliphatic carbocycles. The molecule has 0 N–H and O–H groups in total. The highest BCUT2D eigenvalue weighted by atomic mass is 35.5. The highest BCUT2D eigenvalue weighted by molar-refractivity contribution is 6.18. The molecule has 1 amide bonds. The van der Waals surface area contributed by atoms with Gasteiger partial charge in [0.1, 0.15) is 5.75 Å². The van der Waals surface area contributed by atoms with Crippen LogP contribution in [0.1, 0.15) is 24.2 Å². The van der Waals surface area contributed by atoms with Crippen LogP contribution >= 0.6 is 11.6 Å². The molecule has 0 aliphatic rings. The predicted molar refractivity (Wildman–Crippen MR) is 69.9 cm³/mol. The van der Waals surface area contributed by atoms with Gasteiger partial charge in [-0.1, -0.05) is 6.07 Å². The lowest BCUT2D eigenvalue weighted by atomic mass is 10.0. The first-order valence-electron chi connectivity index (χ1n) is 5.40. The molecule has 0 bridgehead atoms. The fourth-order valence-electron chi connectivity index (χ4n) is 1.31. The van der Waals surface area contributed by atoms with Crippen molar-refractivity contribution in [2.75, 3.05) is 20.0 Å². The first kappa shape index (κ1) is 13.8. The van der Waals surface area contributed by atoms with Gasteiger partial charge in [0.05, 0.1) is 12.6 Å². The number of carbonyl (C=O) groups is 1. The van der Waals surface area contributed by atoms with Crippen LogP contribution in [0, 0.1) is 0 Å². The highest BCUT2D eigenvalue weighted by Crippen LogP contribution is 2.19. The number of hydrogen-bond donors (Lipinski definition) is 0. The molecule has 0 radical (unpaired) electrons. The fraction of sp³-hybridized carbons (Fsp3) is 0.462. The van der Waals surface area contributed by atoms with Gasteiger partial charge in [-0.2, -0.15) is 0 Å². The van der Waals surface area contributed by atoms with Crippen molar-refractivity contribution in [3.05, 3.63) is 29.8 Å². The Morgan fingerprint density at radius 2 is 2.12 bits per heavy atom. The summed E-state index contributed by atoms with van der Waals surface area (Å²) in [6.07, 6.45) is 0. The fourth-order valence-corrected chi connectivity index (χ4v) is 1.49. The normalized spacial score (nSPS) is 11.1. The maximum Gasteiger partial charge on any atom is 0.254 e. The van der Waals surface area contributed by atoms with Gasteiger partial charge in [0.2, 0.25) is 0 Å². The van der Waals surface area contributed by atoms with Crippen LogP contribution < -0.4 is 4.74 Å². The standard InChI is InChI=1S/C13H18ClNO2/c1-13(2,9-14)15(3)12(16)10-6-5-7-11(8-10)17-4/h5-8H,9H2,1-4H3. The van der Waals surface area contributed by atoms with Gasteiger partial charge in [-0.05, 0) is 32.0 Å². The molecule has 0 fully saturated rings. The monoisotopic (exact) mass is 255 g/mol. The average Bonchev–Trinajstić information content (AvgIpc) is 2.37. The smallest absolute Gasteiger partial charge is 0.254 e. The van der Waals surface area contributed by atoms with Gasteiger partial charge >= 0.3 is 0 Å². The average molecular weight is 256 g/mol. The zero-order chi connectivity index (χ0) is 13.1. The van der Waals surface area contributed by atoms with Crippen molar-refractivity contribution in [2.45, 2.75) is 19.4 Å². The molecule has 1 rings (SSSR count). The Morgan fingerprint density at radius 3 is 2.65 bits per heavy atom. The molecule has 0 spiro atoms. The van der Waals surface area contributed by atoms with E-state index in [-0.39, 0.29) is 11.4 Å². The third-order valence-electron chi connectivity index (χ3n) is 2.86. The maximum atomic E-state index is 12.2. The largest absolute Gasteiger partial charge is 0.497 e. The van der Waals surface area contributed by atoms with E-state index in [4.69, 9.17) is 16.3 Å². The van der Waals surface area contributed by atoms with E-state index >= 15 is 0 Å². The Labute approximate surface area is 107 Å². The molecular weight excluding hydrogens is 238 g/mol. The minimum Gasteiger partial charge on any atom is -0.497 e. The van der Waals surface area contributed by atoms with Crippen molar-refractivity contribution < 1.29 is 9.53 Å². The lowest BCUT2D eigenvalue weighted by Crippen LogP contribution is -2.46. The van der Waals surface area contributed by atoms with E-state index in [9.17, 15) is 4.79 Å². The van der Waals surface area contributed by atoms with Crippen molar-refractivity contribution in [2.24, 2.45) is 0 Å². The second-order valence-corrected chi connectivity index (χ2v) is 4.81. The molecule has 0 aromatic heterocycles. The van der Waals surface area contributed by atoms with Gasteiger partial charge in [-0.25, -0.2) is 0 Å². The first-order valence-corrected chi connectivity index (χ1v) is 5.94. The van der Waals surface area contributed by atoms with E-state index in [1.165, 1.54) is 0 Å². The molecule has 3 nitrogen and oxygen atoms in total. The third-order valence-corrected chi connectivity index (χ3v) is 3.51. The second kappa shape index (κ2) is 5.41. The number of carbonyl (C=O) groups excluding carboxylic acids is 1. The molecule has 0 unspecified atom stereocenters.